The smallest absolute Gasteiger partial charge is 0.444 e. The van der Waals surface area contributed by atoms with Gasteiger partial charge in [-0.2, -0.15) is 0 Å². The molecular formula is C22H36BN3O4S. The molecule has 172 valence electrons. The van der Waals surface area contributed by atoms with Crippen LogP contribution in [0.1, 0.15) is 67.7 Å². The highest BCUT2D eigenvalue weighted by atomic mass is 32.2. The van der Waals surface area contributed by atoms with Crippen molar-refractivity contribution in [3.05, 3.63) is 12.4 Å². The molecule has 1 atom stereocenters. The molecule has 1 amide bonds. The molecule has 2 aliphatic rings. The van der Waals surface area contributed by atoms with Crippen LogP contribution in [0, 0.1) is 5.92 Å². The number of piperidine rings is 1. The molecule has 31 heavy (non-hydrogen) atoms. The molecule has 0 aromatic carbocycles. The molecule has 0 N–H and O–H groups in total. The summed E-state index contributed by atoms with van der Waals surface area (Å²) in [4.78, 5) is 23.2. The number of amides is 1. The van der Waals surface area contributed by atoms with Gasteiger partial charge in [-0.25, -0.2) is 14.8 Å². The molecule has 0 spiro atoms. The molecule has 1 aromatic heterocycles. The highest BCUT2D eigenvalue weighted by molar-refractivity contribution is 7.99. The second kappa shape index (κ2) is 9.28. The predicted octanol–water partition coefficient (Wildman–Crippen LogP) is 3.91. The van der Waals surface area contributed by atoms with E-state index in [9.17, 15) is 4.79 Å². The van der Waals surface area contributed by atoms with Crippen molar-refractivity contribution in [2.75, 3.05) is 18.8 Å². The van der Waals surface area contributed by atoms with E-state index in [2.05, 4.69) is 9.97 Å². The molecule has 2 saturated heterocycles. The number of likely N-dealkylation sites (tertiary alicyclic amines) is 1. The first-order chi connectivity index (χ1) is 14.4. The maximum Gasteiger partial charge on any atom is 0.498 e. The van der Waals surface area contributed by atoms with Gasteiger partial charge in [0.2, 0.25) is 0 Å². The molecule has 1 aromatic rings. The Labute approximate surface area is 191 Å². The maximum absolute atomic E-state index is 12.3. The summed E-state index contributed by atoms with van der Waals surface area (Å²) in [6.07, 6.45) is 6.57. The minimum absolute atomic E-state index is 0.202. The minimum Gasteiger partial charge on any atom is -0.444 e. The number of hydrogen-bond acceptors (Lipinski definition) is 7. The number of rotatable bonds is 5. The number of thioether (sulfide) groups is 1. The van der Waals surface area contributed by atoms with Gasteiger partial charge in [-0.05, 0) is 73.6 Å². The Bertz CT molecular complexity index is 751. The maximum atomic E-state index is 12.3. The van der Waals surface area contributed by atoms with Crippen LogP contribution >= 0.6 is 11.8 Å². The molecule has 0 radical (unpaired) electrons. The van der Waals surface area contributed by atoms with Crippen molar-refractivity contribution in [3.8, 4) is 0 Å². The Hall–Kier alpha value is -1.32. The van der Waals surface area contributed by atoms with Crippen LogP contribution in [0.4, 0.5) is 4.79 Å². The summed E-state index contributed by atoms with van der Waals surface area (Å²) >= 11 is 1.65. The van der Waals surface area contributed by atoms with Crippen molar-refractivity contribution in [2.45, 2.75) is 89.7 Å². The van der Waals surface area contributed by atoms with Crippen molar-refractivity contribution in [1.82, 2.24) is 14.9 Å². The summed E-state index contributed by atoms with van der Waals surface area (Å²) < 4.78 is 17.6. The van der Waals surface area contributed by atoms with Crippen molar-refractivity contribution >= 4 is 30.4 Å². The van der Waals surface area contributed by atoms with Crippen molar-refractivity contribution in [2.24, 2.45) is 5.92 Å². The summed E-state index contributed by atoms with van der Waals surface area (Å²) in [6.45, 7) is 15.4. The lowest BCUT2D eigenvalue weighted by Gasteiger charge is -2.34. The highest BCUT2D eigenvalue weighted by Crippen LogP contribution is 2.36. The summed E-state index contributed by atoms with van der Waals surface area (Å²) in [6, 6.07) is 0. The standard InChI is InChI=1S/C22H36BN3O4S/c1-20(2,3)28-19(27)26-11-8-9-16(15-26)10-12-31-18-24-13-17(14-25-18)23-29-21(4,5)22(6,7)30-23/h13-14,16H,8-12,15H2,1-7H3/t16-/m1/s1. The van der Waals surface area contributed by atoms with Crippen LogP contribution in [0.2, 0.25) is 0 Å². The third-order valence-corrected chi connectivity index (χ3v) is 7.01. The highest BCUT2D eigenvalue weighted by Gasteiger charge is 2.51. The van der Waals surface area contributed by atoms with Crippen molar-refractivity contribution in [3.63, 3.8) is 0 Å². The van der Waals surface area contributed by atoms with Crippen LogP contribution in [0.5, 0.6) is 0 Å². The molecule has 0 saturated carbocycles. The fourth-order valence-electron chi connectivity index (χ4n) is 3.61. The summed E-state index contributed by atoms with van der Waals surface area (Å²) in [5.74, 6) is 1.40. The van der Waals surface area contributed by atoms with E-state index in [-0.39, 0.29) is 17.3 Å². The molecule has 3 heterocycles. The lowest BCUT2D eigenvalue weighted by molar-refractivity contribution is 0.00578. The van der Waals surface area contributed by atoms with Crippen LogP contribution < -0.4 is 5.46 Å². The van der Waals surface area contributed by atoms with Gasteiger partial charge in [0.15, 0.2) is 5.16 Å². The number of ether oxygens (including phenoxy) is 1. The van der Waals surface area contributed by atoms with Gasteiger partial charge in [0, 0.05) is 36.7 Å². The molecule has 0 unspecified atom stereocenters. The van der Waals surface area contributed by atoms with Gasteiger partial charge in [0.05, 0.1) is 11.2 Å². The monoisotopic (exact) mass is 449 g/mol. The Morgan fingerprint density at radius 3 is 2.42 bits per heavy atom. The topological polar surface area (TPSA) is 73.8 Å². The molecule has 3 rings (SSSR count). The summed E-state index contributed by atoms with van der Waals surface area (Å²) in [7, 11) is -0.440. The van der Waals surface area contributed by atoms with E-state index in [1.165, 1.54) is 0 Å². The fourth-order valence-corrected chi connectivity index (χ4v) is 4.50. The van der Waals surface area contributed by atoms with Gasteiger partial charge in [-0.1, -0.05) is 11.8 Å². The van der Waals surface area contributed by atoms with Crippen LogP contribution in [0.3, 0.4) is 0 Å². The fraction of sp³-hybridized carbons (Fsp3) is 0.773. The minimum atomic E-state index is -0.455. The zero-order valence-electron chi connectivity index (χ0n) is 19.9. The Kier molecular flexibility index (Phi) is 7.28. The van der Waals surface area contributed by atoms with Crippen LogP contribution in [-0.2, 0) is 14.0 Å². The zero-order valence-corrected chi connectivity index (χ0v) is 20.8. The van der Waals surface area contributed by atoms with E-state index >= 15 is 0 Å². The molecule has 0 bridgehead atoms. The number of nitrogens with zero attached hydrogens (tertiary/aromatic N) is 3. The predicted molar refractivity (Wildman–Crippen MR) is 124 cm³/mol. The van der Waals surface area contributed by atoms with Crippen LogP contribution in [-0.4, -0.2) is 63.7 Å². The first-order valence-electron chi connectivity index (χ1n) is 11.1. The molecule has 9 heteroatoms. The molecule has 0 aliphatic carbocycles. The SMILES string of the molecule is CC(C)(C)OC(=O)N1CCC[C@H](CCSc2ncc(B3OC(C)(C)C(C)(C)O3)cn2)C1. The summed E-state index contributed by atoms with van der Waals surface area (Å²) in [5.41, 5.74) is -0.372. The number of aromatic nitrogens is 2. The van der Waals surface area contributed by atoms with Crippen molar-refractivity contribution in [1.29, 1.82) is 0 Å². The molecular weight excluding hydrogens is 413 g/mol. The molecule has 7 nitrogen and oxygen atoms in total. The van der Waals surface area contributed by atoms with E-state index in [0.717, 1.165) is 48.7 Å². The van der Waals surface area contributed by atoms with E-state index in [1.54, 1.807) is 24.2 Å². The number of hydrogen-bond donors (Lipinski definition) is 0. The first-order valence-corrected chi connectivity index (χ1v) is 12.1. The second-order valence-corrected chi connectivity index (χ2v) is 11.5. The van der Waals surface area contributed by atoms with Crippen LogP contribution in [0.15, 0.2) is 17.6 Å². The second-order valence-electron chi connectivity index (χ2n) is 10.5. The zero-order chi connectivity index (χ0) is 22.9. The molecule has 2 fully saturated rings. The first kappa shape index (κ1) is 24.3. The van der Waals surface area contributed by atoms with E-state index in [1.807, 2.05) is 53.4 Å². The van der Waals surface area contributed by atoms with Gasteiger partial charge < -0.3 is 18.9 Å². The molecule has 2 aliphatic heterocycles. The number of carbonyl (C=O) groups is 1. The van der Waals surface area contributed by atoms with Gasteiger partial charge in [0.25, 0.3) is 0 Å². The Morgan fingerprint density at radius 1 is 1.23 bits per heavy atom. The Balaban J connectivity index is 1.45. The van der Waals surface area contributed by atoms with Gasteiger partial charge in [-0.3, -0.25) is 0 Å². The average Bonchev–Trinajstić information content (AvgIpc) is 2.88. The van der Waals surface area contributed by atoms with Gasteiger partial charge in [-0.15, -0.1) is 0 Å². The third-order valence-electron chi connectivity index (χ3n) is 6.10. The normalized spacial score (nSPS) is 23.1. The lowest BCUT2D eigenvalue weighted by Crippen LogP contribution is -2.43. The number of carbonyl (C=O) groups excluding carboxylic acids is 1. The van der Waals surface area contributed by atoms with E-state index in [0.29, 0.717) is 5.92 Å². The average molecular weight is 449 g/mol. The summed E-state index contributed by atoms with van der Waals surface area (Å²) in [5, 5.41) is 0.750. The quantitative estimate of drug-likeness (QED) is 0.383. The van der Waals surface area contributed by atoms with Gasteiger partial charge >= 0.3 is 13.2 Å². The Morgan fingerprint density at radius 2 is 1.84 bits per heavy atom. The van der Waals surface area contributed by atoms with Crippen molar-refractivity contribution < 1.29 is 18.8 Å². The van der Waals surface area contributed by atoms with Gasteiger partial charge in [0.1, 0.15) is 5.60 Å². The lowest BCUT2D eigenvalue weighted by atomic mass is 9.81. The van der Waals surface area contributed by atoms with E-state index in [4.69, 9.17) is 14.0 Å². The largest absolute Gasteiger partial charge is 0.498 e. The van der Waals surface area contributed by atoms with E-state index < -0.39 is 12.7 Å². The van der Waals surface area contributed by atoms with Crippen LogP contribution in [0.25, 0.3) is 0 Å². The third kappa shape index (κ3) is 6.36.